The number of hydrogen-bond acceptors (Lipinski definition) is 5. The molecule has 0 amide bonds. The number of hydrogen-bond donors (Lipinski definition) is 2. The lowest BCUT2D eigenvalue weighted by molar-refractivity contribution is -0.142. The van der Waals surface area contributed by atoms with E-state index in [1.54, 1.807) is 0 Å². The second kappa shape index (κ2) is 6.13. The van der Waals surface area contributed by atoms with Gasteiger partial charge in [0.2, 0.25) is 5.13 Å². The molecular weight excluding hydrogens is 250 g/mol. The molecule has 1 rings (SSSR count). The molecule has 0 radical (unpaired) electrons. The molecule has 102 valence electrons. The molecule has 0 aliphatic carbocycles. The summed E-state index contributed by atoms with van der Waals surface area (Å²) >= 11 is 1.28. The fraction of sp³-hybridized carbons (Fsp3) is 0.750. The van der Waals surface area contributed by atoms with Crippen molar-refractivity contribution in [2.75, 3.05) is 11.9 Å². The van der Waals surface area contributed by atoms with Crippen LogP contribution in [0.5, 0.6) is 0 Å². The number of carbonyl (C=O) groups is 1. The summed E-state index contributed by atoms with van der Waals surface area (Å²) in [7, 11) is 0. The molecule has 5 nitrogen and oxygen atoms in total. The predicted octanol–water partition coefficient (Wildman–Crippen LogP) is 2.65. The van der Waals surface area contributed by atoms with Crippen LogP contribution in [0.3, 0.4) is 0 Å². The van der Waals surface area contributed by atoms with Gasteiger partial charge in [0, 0.05) is 24.5 Å². The average molecular weight is 271 g/mol. The van der Waals surface area contributed by atoms with Gasteiger partial charge in [0.1, 0.15) is 5.82 Å². The monoisotopic (exact) mass is 271 g/mol. The molecule has 0 aliphatic heterocycles. The van der Waals surface area contributed by atoms with E-state index in [-0.39, 0.29) is 5.41 Å². The van der Waals surface area contributed by atoms with Crippen molar-refractivity contribution in [3.05, 3.63) is 5.82 Å². The number of aromatic nitrogens is 2. The van der Waals surface area contributed by atoms with E-state index in [9.17, 15) is 9.90 Å². The number of aliphatic carboxylic acids is 1. The van der Waals surface area contributed by atoms with Crippen LogP contribution in [0.4, 0.5) is 5.13 Å². The smallest absolute Gasteiger partial charge is 0.308 e. The first-order chi connectivity index (χ1) is 8.31. The lowest BCUT2D eigenvalue weighted by Gasteiger charge is -2.23. The van der Waals surface area contributed by atoms with Gasteiger partial charge in [-0.3, -0.25) is 4.79 Å². The van der Waals surface area contributed by atoms with Crippen molar-refractivity contribution in [1.29, 1.82) is 0 Å². The first-order valence-electron chi connectivity index (χ1n) is 6.11. The molecular formula is C12H21N3O2S. The highest BCUT2D eigenvalue weighted by Crippen LogP contribution is 2.25. The summed E-state index contributed by atoms with van der Waals surface area (Å²) in [6, 6.07) is 0. The Labute approximate surface area is 112 Å². The third kappa shape index (κ3) is 5.00. The van der Waals surface area contributed by atoms with Gasteiger partial charge in [-0.2, -0.15) is 4.37 Å². The Morgan fingerprint density at radius 2 is 2.17 bits per heavy atom. The molecule has 2 N–H and O–H groups in total. The van der Waals surface area contributed by atoms with Crippen LogP contribution in [0.1, 0.15) is 39.9 Å². The van der Waals surface area contributed by atoms with Crippen LogP contribution in [-0.2, 0) is 11.2 Å². The number of carboxylic acids is 1. The highest BCUT2D eigenvalue weighted by atomic mass is 32.1. The largest absolute Gasteiger partial charge is 0.481 e. The Morgan fingerprint density at radius 1 is 1.50 bits per heavy atom. The first kappa shape index (κ1) is 14.9. The fourth-order valence-electron chi connectivity index (χ4n) is 1.67. The van der Waals surface area contributed by atoms with Crippen molar-refractivity contribution in [3.63, 3.8) is 0 Å². The molecule has 1 heterocycles. The summed E-state index contributed by atoms with van der Waals surface area (Å²) in [6.07, 6.45) is 1.43. The number of aryl methyl sites for hydroxylation is 1. The highest BCUT2D eigenvalue weighted by Gasteiger charge is 2.24. The summed E-state index contributed by atoms with van der Waals surface area (Å²) in [5, 5.41) is 13.0. The normalized spacial score (nSPS) is 13.3. The number of anilines is 1. The van der Waals surface area contributed by atoms with Crippen LogP contribution in [0, 0.1) is 11.3 Å². The lowest BCUT2D eigenvalue weighted by Crippen LogP contribution is -2.27. The van der Waals surface area contributed by atoms with E-state index in [2.05, 4.69) is 14.7 Å². The van der Waals surface area contributed by atoms with Gasteiger partial charge in [-0.1, -0.05) is 27.7 Å². The molecule has 18 heavy (non-hydrogen) atoms. The number of rotatable bonds is 6. The molecule has 1 aromatic rings. The van der Waals surface area contributed by atoms with Gasteiger partial charge < -0.3 is 10.4 Å². The Balaban J connectivity index is 2.54. The Bertz CT molecular complexity index is 398. The van der Waals surface area contributed by atoms with Gasteiger partial charge in [0.05, 0.1) is 5.92 Å². The third-order valence-electron chi connectivity index (χ3n) is 2.49. The topological polar surface area (TPSA) is 75.1 Å². The van der Waals surface area contributed by atoms with Crippen LogP contribution < -0.4 is 5.32 Å². The standard InChI is InChI=1S/C12H21N3O2S/c1-5-9-14-11(18-15-9)13-7-8(10(16)17)6-12(2,3)4/h8H,5-7H2,1-4H3,(H,16,17)(H,13,14,15). The van der Waals surface area contributed by atoms with Crippen LogP contribution >= 0.6 is 11.5 Å². The van der Waals surface area contributed by atoms with E-state index in [4.69, 9.17) is 0 Å². The molecule has 0 aromatic carbocycles. The van der Waals surface area contributed by atoms with Crippen LogP contribution in [0.2, 0.25) is 0 Å². The maximum absolute atomic E-state index is 11.2. The van der Waals surface area contributed by atoms with Crippen molar-refractivity contribution < 1.29 is 9.90 Å². The van der Waals surface area contributed by atoms with Gasteiger partial charge in [0.15, 0.2) is 0 Å². The van der Waals surface area contributed by atoms with Gasteiger partial charge >= 0.3 is 5.97 Å². The van der Waals surface area contributed by atoms with E-state index in [0.717, 1.165) is 12.2 Å². The molecule has 0 spiro atoms. The summed E-state index contributed by atoms with van der Waals surface area (Å²) in [6.45, 7) is 8.52. The van der Waals surface area contributed by atoms with Crippen LogP contribution in [0.15, 0.2) is 0 Å². The van der Waals surface area contributed by atoms with Gasteiger partial charge in [-0.15, -0.1) is 0 Å². The summed E-state index contributed by atoms with van der Waals surface area (Å²) < 4.78 is 4.15. The Kier molecular flexibility index (Phi) is 5.07. The minimum atomic E-state index is -0.766. The average Bonchev–Trinajstić information content (AvgIpc) is 2.70. The molecule has 1 unspecified atom stereocenters. The number of nitrogens with one attached hydrogen (secondary N) is 1. The Hall–Kier alpha value is -1.17. The summed E-state index contributed by atoms with van der Waals surface area (Å²) in [4.78, 5) is 15.4. The second-order valence-corrected chi connectivity index (χ2v) is 6.30. The van der Waals surface area contributed by atoms with Gasteiger partial charge in [0.25, 0.3) is 0 Å². The maximum atomic E-state index is 11.2. The predicted molar refractivity (Wildman–Crippen MR) is 73.0 cm³/mol. The van der Waals surface area contributed by atoms with Crippen molar-refractivity contribution in [1.82, 2.24) is 9.36 Å². The molecule has 0 aliphatic rings. The third-order valence-corrected chi connectivity index (χ3v) is 3.20. The zero-order valence-corrected chi connectivity index (χ0v) is 12.2. The van der Waals surface area contributed by atoms with E-state index in [0.29, 0.717) is 18.1 Å². The number of nitrogens with zero attached hydrogens (tertiary/aromatic N) is 2. The minimum Gasteiger partial charge on any atom is -0.481 e. The summed E-state index contributed by atoms with van der Waals surface area (Å²) in [5.74, 6) is -0.373. The van der Waals surface area contributed by atoms with Crippen molar-refractivity contribution in [3.8, 4) is 0 Å². The van der Waals surface area contributed by atoms with Gasteiger partial charge in [-0.05, 0) is 11.8 Å². The Morgan fingerprint density at radius 3 is 2.61 bits per heavy atom. The first-order valence-corrected chi connectivity index (χ1v) is 6.88. The fourth-order valence-corrected chi connectivity index (χ4v) is 2.32. The molecule has 0 fully saturated rings. The zero-order chi connectivity index (χ0) is 13.8. The molecule has 1 atom stereocenters. The SMILES string of the molecule is CCc1nsc(NCC(CC(C)(C)C)C(=O)O)n1. The van der Waals surface area contributed by atoms with E-state index < -0.39 is 11.9 Å². The lowest BCUT2D eigenvalue weighted by atomic mass is 9.84. The van der Waals surface area contributed by atoms with Crippen molar-refractivity contribution >= 4 is 22.6 Å². The number of carboxylic acid groups (broad SMARTS) is 1. The minimum absolute atomic E-state index is 0.000440. The van der Waals surface area contributed by atoms with Gasteiger partial charge in [-0.25, -0.2) is 4.98 Å². The summed E-state index contributed by atoms with van der Waals surface area (Å²) in [5.41, 5.74) is 0.000440. The van der Waals surface area contributed by atoms with E-state index in [1.165, 1.54) is 11.5 Å². The molecule has 0 saturated carbocycles. The van der Waals surface area contributed by atoms with Crippen molar-refractivity contribution in [2.45, 2.75) is 40.5 Å². The van der Waals surface area contributed by atoms with Crippen LogP contribution in [-0.4, -0.2) is 27.0 Å². The van der Waals surface area contributed by atoms with Crippen molar-refractivity contribution in [2.24, 2.45) is 11.3 Å². The highest BCUT2D eigenvalue weighted by molar-refractivity contribution is 7.09. The van der Waals surface area contributed by atoms with Crippen LogP contribution in [0.25, 0.3) is 0 Å². The quantitative estimate of drug-likeness (QED) is 0.832. The van der Waals surface area contributed by atoms with E-state index in [1.807, 2.05) is 27.7 Å². The molecule has 0 saturated heterocycles. The molecule has 0 bridgehead atoms. The second-order valence-electron chi connectivity index (χ2n) is 5.55. The zero-order valence-electron chi connectivity index (χ0n) is 11.4. The van der Waals surface area contributed by atoms with E-state index >= 15 is 0 Å². The molecule has 6 heteroatoms. The maximum Gasteiger partial charge on any atom is 0.308 e. The molecule has 1 aromatic heterocycles.